The average molecular weight is 305 g/mol. The second-order valence-corrected chi connectivity index (χ2v) is 6.18. The molecule has 20 heavy (non-hydrogen) atoms. The molecular weight excluding hydrogens is 278 g/mol. The number of hydrogen-bond acceptors (Lipinski definition) is 5. The fourth-order valence-corrected chi connectivity index (χ4v) is 2.00. The lowest BCUT2D eigenvalue weighted by Crippen LogP contribution is -2.43. The lowest BCUT2D eigenvalue weighted by molar-refractivity contribution is -0.152. The molecule has 1 N–H and O–H groups in total. The highest BCUT2D eigenvalue weighted by Gasteiger charge is 2.25. The molecule has 0 rings (SSSR count). The molecule has 0 heterocycles. The van der Waals surface area contributed by atoms with Crippen LogP contribution >= 0.6 is 11.8 Å². The lowest BCUT2D eigenvalue weighted by atomic mass is 10.1. The van der Waals surface area contributed by atoms with Crippen LogP contribution in [-0.2, 0) is 14.3 Å². The first kappa shape index (κ1) is 19.1. The predicted molar refractivity (Wildman–Crippen MR) is 82.0 cm³/mol. The summed E-state index contributed by atoms with van der Waals surface area (Å²) in [6.07, 6.45) is -0.206. The fourth-order valence-electron chi connectivity index (χ4n) is 1.31. The Morgan fingerprint density at radius 1 is 1.20 bits per heavy atom. The van der Waals surface area contributed by atoms with Gasteiger partial charge in [-0.1, -0.05) is 20.8 Å². The molecule has 0 saturated heterocycles. The number of esters is 1. The van der Waals surface area contributed by atoms with Gasteiger partial charge >= 0.3 is 12.1 Å². The number of hydrogen-bond donors (Lipinski definition) is 1. The van der Waals surface area contributed by atoms with Crippen molar-refractivity contribution in [2.75, 3.05) is 18.1 Å². The summed E-state index contributed by atoms with van der Waals surface area (Å²) in [5, 5.41) is 2.57. The molecular formula is C14H27NO4S. The molecule has 0 radical (unpaired) electrons. The Morgan fingerprint density at radius 2 is 1.85 bits per heavy atom. The molecule has 0 spiro atoms. The highest BCUT2D eigenvalue weighted by atomic mass is 32.2. The monoisotopic (exact) mass is 305 g/mol. The first-order chi connectivity index (χ1) is 9.42. The van der Waals surface area contributed by atoms with Gasteiger partial charge in [-0.05, 0) is 37.7 Å². The molecule has 1 unspecified atom stereocenters. The molecule has 0 bridgehead atoms. The van der Waals surface area contributed by atoms with Gasteiger partial charge in [-0.15, -0.1) is 0 Å². The van der Waals surface area contributed by atoms with E-state index in [1.807, 2.05) is 20.8 Å². The van der Waals surface area contributed by atoms with Crippen molar-refractivity contribution >= 4 is 23.8 Å². The van der Waals surface area contributed by atoms with E-state index in [1.54, 1.807) is 18.7 Å². The quantitative estimate of drug-likeness (QED) is 0.524. The van der Waals surface area contributed by atoms with Crippen molar-refractivity contribution in [1.82, 2.24) is 5.32 Å². The smallest absolute Gasteiger partial charge is 0.407 e. The Balaban J connectivity index is 4.48. The number of thioether (sulfide) groups is 1. The Kier molecular flexibility index (Phi) is 10.3. The fraction of sp³-hybridized carbons (Fsp3) is 0.857. The number of nitrogens with one attached hydrogen (secondary N) is 1. The molecule has 5 nitrogen and oxygen atoms in total. The van der Waals surface area contributed by atoms with Crippen molar-refractivity contribution in [1.29, 1.82) is 0 Å². The van der Waals surface area contributed by atoms with Crippen molar-refractivity contribution in [2.24, 2.45) is 5.92 Å². The largest absolute Gasteiger partial charge is 0.461 e. The molecule has 0 aliphatic heterocycles. The molecule has 0 aliphatic rings. The van der Waals surface area contributed by atoms with Gasteiger partial charge < -0.3 is 14.8 Å². The van der Waals surface area contributed by atoms with Crippen LogP contribution in [0.3, 0.4) is 0 Å². The molecule has 0 aromatic heterocycles. The van der Waals surface area contributed by atoms with Crippen LogP contribution in [0.15, 0.2) is 0 Å². The van der Waals surface area contributed by atoms with E-state index in [1.165, 1.54) is 0 Å². The minimum Gasteiger partial charge on any atom is -0.461 e. The third-order valence-electron chi connectivity index (χ3n) is 2.85. The molecule has 118 valence electrons. The average Bonchev–Trinajstić information content (AvgIpc) is 2.37. The Bertz CT molecular complexity index is 297. The lowest BCUT2D eigenvalue weighted by Gasteiger charge is -2.22. The van der Waals surface area contributed by atoms with E-state index in [9.17, 15) is 9.59 Å². The standard InChI is InChI=1S/C14H27NO4S/c1-6-18-14(17)15-12(8-9-20-7-2)13(16)19-11(5)10(3)4/h10-12H,6-9H2,1-5H3,(H,15,17)/t11-,12?/m0/s1. The van der Waals surface area contributed by atoms with E-state index in [0.717, 1.165) is 11.5 Å². The van der Waals surface area contributed by atoms with Crippen molar-refractivity contribution < 1.29 is 19.1 Å². The van der Waals surface area contributed by atoms with Gasteiger partial charge in [0.15, 0.2) is 0 Å². The summed E-state index contributed by atoms with van der Waals surface area (Å²) in [6.45, 7) is 9.88. The zero-order valence-electron chi connectivity index (χ0n) is 13.1. The molecule has 2 atom stereocenters. The van der Waals surface area contributed by atoms with Crippen LogP contribution in [0, 0.1) is 5.92 Å². The van der Waals surface area contributed by atoms with E-state index in [0.29, 0.717) is 6.42 Å². The second kappa shape index (κ2) is 10.8. The Hall–Kier alpha value is -0.910. The van der Waals surface area contributed by atoms with Crippen LogP contribution in [0.1, 0.15) is 41.0 Å². The van der Waals surface area contributed by atoms with Crippen LogP contribution < -0.4 is 5.32 Å². The van der Waals surface area contributed by atoms with E-state index < -0.39 is 18.1 Å². The van der Waals surface area contributed by atoms with Gasteiger partial charge in [-0.25, -0.2) is 9.59 Å². The summed E-state index contributed by atoms with van der Waals surface area (Å²) in [5.41, 5.74) is 0. The number of carbonyl (C=O) groups excluding carboxylic acids is 2. The highest BCUT2D eigenvalue weighted by Crippen LogP contribution is 2.10. The summed E-state index contributed by atoms with van der Waals surface area (Å²) in [6, 6.07) is -0.644. The van der Waals surface area contributed by atoms with Crippen LogP contribution in [0.25, 0.3) is 0 Å². The summed E-state index contributed by atoms with van der Waals surface area (Å²) in [4.78, 5) is 23.6. The molecule has 0 saturated carbocycles. The highest BCUT2D eigenvalue weighted by molar-refractivity contribution is 7.99. The summed E-state index contributed by atoms with van der Waals surface area (Å²) < 4.78 is 10.2. The minimum atomic E-state index is -0.644. The normalized spacial score (nSPS) is 13.7. The number of ether oxygens (including phenoxy) is 2. The number of carbonyl (C=O) groups is 2. The van der Waals surface area contributed by atoms with Gasteiger partial charge in [-0.2, -0.15) is 11.8 Å². The molecule has 0 fully saturated rings. The van der Waals surface area contributed by atoms with E-state index in [4.69, 9.17) is 9.47 Å². The van der Waals surface area contributed by atoms with Gasteiger partial charge in [-0.3, -0.25) is 0 Å². The topological polar surface area (TPSA) is 64.6 Å². The maximum Gasteiger partial charge on any atom is 0.407 e. The SMILES string of the molecule is CCOC(=O)NC(CCSCC)C(=O)O[C@@H](C)C(C)C. The molecule has 1 amide bonds. The predicted octanol–water partition coefficient (Wildman–Crippen LogP) is 2.83. The van der Waals surface area contributed by atoms with Crippen LogP contribution in [0.5, 0.6) is 0 Å². The van der Waals surface area contributed by atoms with E-state index in [2.05, 4.69) is 12.2 Å². The van der Waals surface area contributed by atoms with Crippen molar-refractivity contribution in [3.05, 3.63) is 0 Å². The van der Waals surface area contributed by atoms with Crippen molar-refractivity contribution in [2.45, 2.75) is 53.2 Å². The third kappa shape index (κ3) is 8.30. The maximum absolute atomic E-state index is 12.1. The van der Waals surface area contributed by atoms with Gasteiger partial charge in [0, 0.05) is 0 Å². The summed E-state index contributed by atoms with van der Waals surface area (Å²) in [5.74, 6) is 1.62. The number of amides is 1. The zero-order valence-corrected chi connectivity index (χ0v) is 13.9. The Morgan fingerprint density at radius 3 is 2.35 bits per heavy atom. The summed E-state index contributed by atoms with van der Waals surface area (Å²) >= 11 is 1.72. The molecule has 0 aromatic rings. The third-order valence-corrected chi connectivity index (χ3v) is 3.78. The van der Waals surface area contributed by atoms with Crippen molar-refractivity contribution in [3.8, 4) is 0 Å². The van der Waals surface area contributed by atoms with Gasteiger partial charge in [0.1, 0.15) is 12.1 Å². The van der Waals surface area contributed by atoms with Gasteiger partial charge in [0.05, 0.1) is 6.61 Å². The minimum absolute atomic E-state index is 0.173. The maximum atomic E-state index is 12.1. The second-order valence-electron chi connectivity index (χ2n) is 4.79. The Labute approximate surface area is 126 Å². The summed E-state index contributed by atoms with van der Waals surface area (Å²) in [7, 11) is 0. The van der Waals surface area contributed by atoms with Crippen LogP contribution in [-0.4, -0.2) is 42.3 Å². The zero-order chi connectivity index (χ0) is 15.5. The van der Waals surface area contributed by atoms with Crippen LogP contribution in [0.2, 0.25) is 0 Å². The number of alkyl carbamates (subject to hydrolysis) is 1. The first-order valence-corrected chi connectivity index (χ1v) is 8.29. The molecule has 0 aromatic carbocycles. The molecule has 6 heteroatoms. The van der Waals surface area contributed by atoms with E-state index in [-0.39, 0.29) is 18.6 Å². The van der Waals surface area contributed by atoms with Gasteiger partial charge in [0.25, 0.3) is 0 Å². The van der Waals surface area contributed by atoms with E-state index >= 15 is 0 Å². The van der Waals surface area contributed by atoms with Crippen molar-refractivity contribution in [3.63, 3.8) is 0 Å². The first-order valence-electron chi connectivity index (χ1n) is 7.13. The van der Waals surface area contributed by atoms with Gasteiger partial charge in [0.2, 0.25) is 0 Å². The molecule has 0 aliphatic carbocycles. The number of rotatable bonds is 9. The van der Waals surface area contributed by atoms with Crippen LogP contribution in [0.4, 0.5) is 4.79 Å².